The summed E-state index contributed by atoms with van der Waals surface area (Å²) < 4.78 is 10.0. The minimum absolute atomic E-state index is 0.144. The van der Waals surface area contributed by atoms with E-state index in [1.165, 1.54) is 5.37 Å². The van der Waals surface area contributed by atoms with E-state index in [1.807, 2.05) is 24.3 Å². The predicted molar refractivity (Wildman–Crippen MR) is 77.5 cm³/mol. The highest BCUT2D eigenvalue weighted by Gasteiger charge is 1.92. The van der Waals surface area contributed by atoms with E-state index in [4.69, 9.17) is 5.11 Å². The number of phenolic OH excluding ortho intramolecular Hbond substituents is 1. The molecule has 0 saturated carbocycles. The van der Waals surface area contributed by atoms with E-state index < -0.39 is 0 Å². The summed E-state index contributed by atoms with van der Waals surface area (Å²) in [4.78, 5) is 7.07. The average Bonchev–Trinajstić information content (AvgIpc) is 2.91. The summed E-state index contributed by atoms with van der Waals surface area (Å²) in [5, 5.41) is 10.4. The van der Waals surface area contributed by atoms with Gasteiger partial charge in [0.25, 0.3) is 0 Å². The molecular weight excluding hydrogens is 260 g/mol. The number of phenols is 1. The van der Waals surface area contributed by atoms with Crippen LogP contribution in [0.1, 0.15) is 5.56 Å². The Balaban J connectivity index is 0.000000141. The number of hydrogen-bond acceptors (Lipinski definition) is 3. The van der Waals surface area contributed by atoms with Gasteiger partial charge < -0.3 is 10.1 Å². The van der Waals surface area contributed by atoms with Crippen LogP contribution in [0.25, 0.3) is 11.0 Å². The van der Waals surface area contributed by atoms with Gasteiger partial charge in [0.15, 0.2) is 0 Å². The van der Waals surface area contributed by atoms with Crippen molar-refractivity contribution in [2.45, 2.75) is 0 Å². The predicted octanol–water partition coefficient (Wildman–Crippen LogP) is 2.32. The monoisotopic (exact) mass is 272 g/mol. The van der Waals surface area contributed by atoms with Crippen LogP contribution >= 0.6 is 0 Å². The molecule has 5 heteroatoms. The number of aromatic amines is 1. The number of rotatable bonds is 1. The van der Waals surface area contributed by atoms with Crippen molar-refractivity contribution < 1.29 is 9.32 Å². The minimum Gasteiger partial charge on any atom is -0.507 e. The van der Waals surface area contributed by atoms with Crippen LogP contribution in [-0.4, -0.2) is 24.7 Å². The van der Waals surface area contributed by atoms with Crippen molar-refractivity contribution in [2.24, 2.45) is 0 Å². The van der Waals surface area contributed by atoms with Crippen LogP contribution in [-0.2, 0) is 11.3 Å². The summed E-state index contributed by atoms with van der Waals surface area (Å²) in [5.74, 6) is 0.144. The molecule has 0 unspecified atom stereocenters. The second-order valence-electron chi connectivity index (χ2n) is 3.69. The van der Waals surface area contributed by atoms with Crippen LogP contribution in [0, 0.1) is 0 Å². The van der Waals surface area contributed by atoms with E-state index in [0.29, 0.717) is 16.8 Å². The number of H-pyrrole nitrogens is 1. The number of nitrogens with zero attached hydrogens (tertiary/aromatic N) is 1. The lowest BCUT2D eigenvalue weighted by Crippen LogP contribution is -1.78. The first-order valence-corrected chi connectivity index (χ1v) is 6.39. The summed E-state index contributed by atoms with van der Waals surface area (Å²) in [6, 6.07) is 14.6. The first-order valence-electron chi connectivity index (χ1n) is 5.59. The summed E-state index contributed by atoms with van der Waals surface area (Å²) in [6.07, 6.45) is 1.70. The van der Waals surface area contributed by atoms with Gasteiger partial charge in [-0.1, -0.05) is 30.3 Å². The van der Waals surface area contributed by atoms with E-state index >= 15 is 0 Å². The molecule has 0 atom stereocenters. The molecule has 0 aliphatic rings. The number of imidazole rings is 1. The molecule has 1 aromatic heterocycles. The second kappa shape index (κ2) is 6.51. The zero-order valence-electron chi connectivity index (χ0n) is 9.98. The first kappa shape index (κ1) is 13.0. The summed E-state index contributed by atoms with van der Waals surface area (Å²) in [6.45, 7) is 0. The van der Waals surface area contributed by atoms with Gasteiger partial charge in [-0.2, -0.15) is 0 Å². The standard InChI is InChI=1S/C7H6N2.C7H6O2S/c1-2-4-7-6(3-1)8-5-9-7;8-7-4-2-1-3-6(7)5-10-9/h1-5H,(H,8,9);1-5,8H. The Morgan fingerprint density at radius 3 is 2.58 bits per heavy atom. The zero-order chi connectivity index (χ0) is 13.5. The van der Waals surface area contributed by atoms with Crippen molar-refractivity contribution in [2.75, 3.05) is 0 Å². The molecule has 0 bridgehead atoms. The van der Waals surface area contributed by atoms with Gasteiger partial charge >= 0.3 is 0 Å². The van der Waals surface area contributed by atoms with E-state index in [9.17, 15) is 4.21 Å². The van der Waals surface area contributed by atoms with Crippen LogP contribution in [0.15, 0.2) is 54.9 Å². The van der Waals surface area contributed by atoms with Gasteiger partial charge in [-0.25, -0.2) is 9.19 Å². The fraction of sp³-hybridized carbons (Fsp3) is 0. The summed E-state index contributed by atoms with van der Waals surface area (Å²) in [7, 11) is 0. The van der Waals surface area contributed by atoms with Crippen LogP contribution in [0.4, 0.5) is 0 Å². The molecular formula is C14H12N2O2S. The number of aromatic nitrogens is 2. The quantitative estimate of drug-likeness (QED) is 0.668. The molecule has 1 heterocycles. The van der Waals surface area contributed by atoms with Crippen molar-refractivity contribution in [3.8, 4) is 5.75 Å². The molecule has 2 N–H and O–H groups in total. The van der Waals surface area contributed by atoms with Gasteiger partial charge in [0.2, 0.25) is 0 Å². The number of aromatic hydroxyl groups is 1. The smallest absolute Gasteiger partial charge is 0.123 e. The molecule has 3 rings (SSSR count). The Bertz CT molecular complexity index is 688. The summed E-state index contributed by atoms with van der Waals surface area (Å²) in [5.41, 5.74) is 2.69. The highest BCUT2D eigenvalue weighted by molar-refractivity contribution is 7.65. The van der Waals surface area contributed by atoms with E-state index in [1.54, 1.807) is 30.6 Å². The molecule has 2 aromatic carbocycles. The van der Waals surface area contributed by atoms with Gasteiger partial charge in [-0.3, -0.25) is 0 Å². The molecule has 0 radical (unpaired) electrons. The van der Waals surface area contributed by atoms with Crippen molar-refractivity contribution in [1.82, 2.24) is 9.97 Å². The minimum atomic E-state index is 0.144. The van der Waals surface area contributed by atoms with Gasteiger partial charge in [0.1, 0.15) is 5.75 Å². The maximum Gasteiger partial charge on any atom is 0.123 e. The van der Waals surface area contributed by atoms with Crippen molar-refractivity contribution in [3.63, 3.8) is 0 Å². The molecule has 96 valence electrons. The van der Waals surface area contributed by atoms with Crippen molar-refractivity contribution in [3.05, 3.63) is 60.4 Å². The fourth-order valence-electron chi connectivity index (χ4n) is 1.52. The normalized spacial score (nSPS) is 9.47. The number of hydrogen-bond donors (Lipinski definition) is 2. The Morgan fingerprint density at radius 1 is 1.11 bits per heavy atom. The Morgan fingerprint density at radius 2 is 1.84 bits per heavy atom. The van der Waals surface area contributed by atoms with Crippen LogP contribution in [0.5, 0.6) is 5.75 Å². The number of fused-ring (bicyclic) bond motifs is 1. The molecule has 0 saturated heterocycles. The molecule has 0 amide bonds. The molecule has 4 nitrogen and oxygen atoms in total. The first-order chi connectivity index (χ1) is 9.31. The SMILES string of the molecule is O=S=Cc1ccccc1O.c1ccc2[nH]cnc2c1. The third-order valence-electron chi connectivity index (χ3n) is 2.44. The zero-order valence-corrected chi connectivity index (χ0v) is 10.8. The lowest BCUT2D eigenvalue weighted by molar-refractivity contribution is 0.474. The molecule has 0 aliphatic heterocycles. The number of nitrogens with one attached hydrogen (secondary N) is 1. The van der Waals surface area contributed by atoms with Crippen molar-refractivity contribution in [1.29, 1.82) is 0 Å². The van der Waals surface area contributed by atoms with Gasteiger partial charge in [-0.05, 0) is 18.2 Å². The molecule has 3 aromatic rings. The van der Waals surface area contributed by atoms with E-state index in [-0.39, 0.29) is 5.75 Å². The Labute approximate surface area is 113 Å². The van der Waals surface area contributed by atoms with E-state index in [0.717, 1.165) is 11.0 Å². The van der Waals surface area contributed by atoms with E-state index in [2.05, 4.69) is 9.97 Å². The van der Waals surface area contributed by atoms with Crippen LogP contribution in [0.3, 0.4) is 0 Å². The average molecular weight is 272 g/mol. The summed E-state index contributed by atoms with van der Waals surface area (Å²) >= 11 is 0.334. The third-order valence-corrected chi connectivity index (χ3v) is 2.79. The topological polar surface area (TPSA) is 66.0 Å². The number of benzene rings is 2. The maximum absolute atomic E-state index is 10.0. The lowest BCUT2D eigenvalue weighted by atomic mass is 10.2. The molecule has 0 fully saturated rings. The molecule has 0 spiro atoms. The van der Waals surface area contributed by atoms with Gasteiger partial charge in [0.05, 0.1) is 28.6 Å². The third kappa shape index (κ3) is 3.53. The lowest BCUT2D eigenvalue weighted by Gasteiger charge is -1.92. The maximum atomic E-state index is 10.0. The largest absolute Gasteiger partial charge is 0.507 e. The highest BCUT2D eigenvalue weighted by atomic mass is 32.1. The molecule has 0 aliphatic carbocycles. The van der Waals surface area contributed by atoms with Crippen LogP contribution < -0.4 is 0 Å². The Hall–Kier alpha value is -2.40. The van der Waals surface area contributed by atoms with Gasteiger partial charge in [0, 0.05) is 10.9 Å². The highest BCUT2D eigenvalue weighted by Crippen LogP contribution is 2.11. The fourth-order valence-corrected chi connectivity index (χ4v) is 1.82. The second-order valence-corrected chi connectivity index (χ2v) is 4.12. The van der Waals surface area contributed by atoms with Gasteiger partial charge in [-0.15, -0.1) is 0 Å². The van der Waals surface area contributed by atoms with Crippen LogP contribution in [0.2, 0.25) is 0 Å². The Kier molecular flexibility index (Phi) is 4.47. The molecule has 19 heavy (non-hydrogen) atoms. The van der Waals surface area contributed by atoms with Crippen molar-refractivity contribution >= 4 is 27.7 Å². The number of para-hydroxylation sites is 3.